The molecule has 4 rings (SSSR count). The van der Waals surface area contributed by atoms with Crippen LogP contribution in [0.4, 0.5) is 8.78 Å². The summed E-state index contributed by atoms with van der Waals surface area (Å²) in [7, 11) is 0. The van der Waals surface area contributed by atoms with E-state index >= 15 is 0 Å². The Balaban J connectivity index is 1.38. The number of benzene rings is 1. The highest BCUT2D eigenvalue weighted by Gasteiger charge is 2.53. The molecule has 0 radical (unpaired) electrons. The molecule has 1 amide bonds. The molecule has 1 aliphatic carbocycles. The molecule has 0 N–H and O–H groups in total. The Bertz CT molecular complexity index is 889. The third-order valence-corrected chi connectivity index (χ3v) is 6.45. The summed E-state index contributed by atoms with van der Waals surface area (Å²) in [5.41, 5.74) is 2.10. The number of hydrogen-bond acceptors (Lipinski definition) is 3. The summed E-state index contributed by atoms with van der Waals surface area (Å²) in [6.07, 6.45) is 4.50. The Morgan fingerprint density at radius 3 is 2.27 bits per heavy atom. The second-order valence-electron chi connectivity index (χ2n) is 9.51. The molecule has 2 heterocycles. The molecular weight excluding hydrogens is 386 g/mol. The van der Waals surface area contributed by atoms with E-state index in [4.69, 9.17) is 0 Å². The molecule has 1 saturated heterocycles. The van der Waals surface area contributed by atoms with Crippen LogP contribution in [-0.2, 0) is 22.2 Å². The van der Waals surface area contributed by atoms with Crippen LogP contribution in [0.3, 0.4) is 0 Å². The van der Waals surface area contributed by atoms with Gasteiger partial charge in [0.1, 0.15) is 5.82 Å². The van der Waals surface area contributed by atoms with Gasteiger partial charge in [0.25, 0.3) is 0 Å². The molecule has 0 bridgehead atoms. The summed E-state index contributed by atoms with van der Waals surface area (Å²) < 4.78 is 26.9. The zero-order chi connectivity index (χ0) is 21.5. The third-order valence-electron chi connectivity index (χ3n) is 6.45. The van der Waals surface area contributed by atoms with Crippen molar-refractivity contribution < 1.29 is 13.6 Å². The minimum Gasteiger partial charge on any atom is -0.339 e. The normalized spacial score (nSPS) is 19.3. The van der Waals surface area contributed by atoms with E-state index in [-0.39, 0.29) is 16.7 Å². The lowest BCUT2D eigenvalue weighted by Crippen LogP contribution is -2.51. The first kappa shape index (κ1) is 21.0. The highest BCUT2D eigenvalue weighted by molar-refractivity contribution is 5.91. The van der Waals surface area contributed by atoms with Gasteiger partial charge in [-0.05, 0) is 29.4 Å². The first-order valence-corrected chi connectivity index (χ1v) is 10.6. The number of nitrogens with zero attached hydrogens (tertiary/aromatic N) is 4. The van der Waals surface area contributed by atoms with Gasteiger partial charge in [-0.15, -0.1) is 0 Å². The SMILES string of the molecule is CC(C)(C)c1ccc(C2(C(=O)N3CCN(Cc4nccn4C(F)F)CC3)CC2)cc1. The fraction of sp³-hybridized carbons (Fsp3) is 0.565. The van der Waals surface area contributed by atoms with Crippen molar-refractivity contribution in [3.05, 3.63) is 53.6 Å². The van der Waals surface area contributed by atoms with Crippen molar-refractivity contribution in [1.29, 1.82) is 0 Å². The zero-order valence-electron chi connectivity index (χ0n) is 17.9. The summed E-state index contributed by atoms with van der Waals surface area (Å²) in [5.74, 6) is 0.571. The molecule has 30 heavy (non-hydrogen) atoms. The number of amides is 1. The minimum absolute atomic E-state index is 0.0919. The largest absolute Gasteiger partial charge is 0.339 e. The van der Waals surface area contributed by atoms with Gasteiger partial charge in [-0.25, -0.2) is 4.98 Å². The lowest BCUT2D eigenvalue weighted by Gasteiger charge is -2.36. The maximum absolute atomic E-state index is 13.3. The van der Waals surface area contributed by atoms with Crippen molar-refractivity contribution >= 4 is 5.91 Å². The molecule has 0 atom stereocenters. The van der Waals surface area contributed by atoms with Gasteiger partial charge in [-0.3, -0.25) is 14.3 Å². The van der Waals surface area contributed by atoms with E-state index in [1.165, 1.54) is 18.0 Å². The first-order chi connectivity index (χ1) is 14.2. The molecule has 1 saturated carbocycles. The minimum atomic E-state index is -2.58. The smallest absolute Gasteiger partial charge is 0.319 e. The van der Waals surface area contributed by atoms with Crippen LogP contribution in [0.15, 0.2) is 36.7 Å². The average molecular weight is 417 g/mol. The van der Waals surface area contributed by atoms with Crippen LogP contribution in [0, 0.1) is 0 Å². The van der Waals surface area contributed by atoms with Gasteiger partial charge in [0.2, 0.25) is 5.91 Å². The lowest BCUT2D eigenvalue weighted by molar-refractivity contribution is -0.135. The summed E-state index contributed by atoms with van der Waals surface area (Å²) in [5, 5.41) is 0. The molecule has 5 nitrogen and oxygen atoms in total. The molecule has 2 aliphatic rings. The molecular formula is C23H30F2N4O. The van der Waals surface area contributed by atoms with Crippen LogP contribution in [0.25, 0.3) is 0 Å². The fourth-order valence-corrected chi connectivity index (χ4v) is 4.30. The Labute approximate surface area is 176 Å². The van der Waals surface area contributed by atoms with Crippen LogP contribution >= 0.6 is 0 Å². The Kier molecular flexibility index (Phi) is 5.43. The quantitative estimate of drug-likeness (QED) is 0.741. The summed E-state index contributed by atoms with van der Waals surface area (Å²) in [6, 6.07) is 8.52. The number of imidazole rings is 1. The number of rotatable bonds is 5. The van der Waals surface area contributed by atoms with Gasteiger partial charge >= 0.3 is 6.55 Å². The summed E-state index contributed by atoms with van der Waals surface area (Å²) >= 11 is 0. The van der Waals surface area contributed by atoms with E-state index in [9.17, 15) is 13.6 Å². The van der Waals surface area contributed by atoms with E-state index < -0.39 is 6.55 Å². The topological polar surface area (TPSA) is 41.4 Å². The maximum Gasteiger partial charge on any atom is 0.319 e. The van der Waals surface area contributed by atoms with E-state index in [0.717, 1.165) is 23.0 Å². The Morgan fingerprint density at radius 2 is 1.73 bits per heavy atom. The number of alkyl halides is 2. The molecule has 0 spiro atoms. The third kappa shape index (κ3) is 4.00. The van der Waals surface area contributed by atoms with Gasteiger partial charge in [0.15, 0.2) is 0 Å². The monoisotopic (exact) mass is 416 g/mol. The van der Waals surface area contributed by atoms with Crippen LogP contribution in [0.5, 0.6) is 0 Å². The highest BCUT2D eigenvalue weighted by atomic mass is 19.3. The Morgan fingerprint density at radius 1 is 1.10 bits per heavy atom. The predicted octanol–water partition coefficient (Wildman–Crippen LogP) is 3.95. The van der Waals surface area contributed by atoms with E-state index in [2.05, 4.69) is 54.9 Å². The molecule has 7 heteroatoms. The Hall–Kier alpha value is -2.28. The van der Waals surface area contributed by atoms with Gasteiger partial charge in [-0.1, -0.05) is 45.0 Å². The molecule has 0 unspecified atom stereocenters. The van der Waals surface area contributed by atoms with Gasteiger partial charge in [0, 0.05) is 38.6 Å². The summed E-state index contributed by atoms with van der Waals surface area (Å²) in [4.78, 5) is 21.4. The molecule has 162 valence electrons. The molecule has 1 aromatic carbocycles. The van der Waals surface area contributed by atoms with Gasteiger partial charge < -0.3 is 4.90 Å². The van der Waals surface area contributed by atoms with E-state index in [0.29, 0.717) is 38.5 Å². The second kappa shape index (κ2) is 7.76. The molecule has 2 aromatic rings. The van der Waals surface area contributed by atoms with Crippen LogP contribution < -0.4 is 0 Å². The van der Waals surface area contributed by atoms with Crippen molar-refractivity contribution in [2.75, 3.05) is 26.2 Å². The molecule has 1 aromatic heterocycles. The van der Waals surface area contributed by atoms with E-state index in [1.807, 2.05) is 4.90 Å². The van der Waals surface area contributed by atoms with Crippen LogP contribution in [0.1, 0.15) is 57.1 Å². The highest BCUT2D eigenvalue weighted by Crippen LogP contribution is 2.50. The number of carbonyl (C=O) groups excluding carboxylic acids is 1. The van der Waals surface area contributed by atoms with Crippen LogP contribution in [-0.4, -0.2) is 51.4 Å². The van der Waals surface area contributed by atoms with Crippen LogP contribution in [0.2, 0.25) is 0 Å². The van der Waals surface area contributed by atoms with Gasteiger partial charge in [-0.2, -0.15) is 8.78 Å². The number of halogens is 2. The average Bonchev–Trinajstić information content (AvgIpc) is 3.40. The number of piperazine rings is 1. The van der Waals surface area contributed by atoms with E-state index in [1.54, 1.807) is 0 Å². The molecule has 2 fully saturated rings. The van der Waals surface area contributed by atoms with Crippen molar-refractivity contribution in [1.82, 2.24) is 19.4 Å². The number of aromatic nitrogens is 2. The fourth-order valence-electron chi connectivity index (χ4n) is 4.30. The van der Waals surface area contributed by atoms with Crippen molar-refractivity contribution in [2.24, 2.45) is 0 Å². The van der Waals surface area contributed by atoms with Crippen molar-refractivity contribution in [3.8, 4) is 0 Å². The van der Waals surface area contributed by atoms with Crippen molar-refractivity contribution in [3.63, 3.8) is 0 Å². The maximum atomic E-state index is 13.3. The van der Waals surface area contributed by atoms with Crippen molar-refractivity contribution in [2.45, 2.75) is 57.5 Å². The second-order valence-corrected chi connectivity index (χ2v) is 9.51. The number of hydrogen-bond donors (Lipinski definition) is 0. The first-order valence-electron chi connectivity index (χ1n) is 10.6. The predicted molar refractivity (Wildman–Crippen MR) is 111 cm³/mol. The van der Waals surface area contributed by atoms with Gasteiger partial charge in [0.05, 0.1) is 12.0 Å². The standard InChI is InChI=1S/C23H30F2N4O/c1-22(2,3)17-4-6-18(7-5-17)23(8-9-23)20(30)28-14-12-27(13-15-28)16-19-26-10-11-29(19)21(24)25/h4-7,10-11,21H,8-9,12-16H2,1-3H3. The molecule has 1 aliphatic heterocycles. The lowest BCUT2D eigenvalue weighted by atomic mass is 9.84. The zero-order valence-corrected chi connectivity index (χ0v) is 17.9. The number of carbonyl (C=O) groups is 1. The summed E-state index contributed by atoms with van der Waals surface area (Å²) in [6.45, 7) is 6.94.